The molecule has 1 fully saturated rings. The molecule has 2 aliphatic heterocycles. The van der Waals surface area contributed by atoms with E-state index in [0.29, 0.717) is 35.9 Å². The van der Waals surface area contributed by atoms with Crippen molar-refractivity contribution in [2.45, 2.75) is 30.9 Å². The minimum Gasteiger partial charge on any atom is -0.487 e. The number of anilines is 2. The van der Waals surface area contributed by atoms with Crippen LogP contribution in [0.1, 0.15) is 23.5 Å². The van der Waals surface area contributed by atoms with Gasteiger partial charge in [0.1, 0.15) is 29.2 Å². The minimum atomic E-state index is -1.66. The Hall–Kier alpha value is -4.28. The third-order valence-electron chi connectivity index (χ3n) is 6.24. The van der Waals surface area contributed by atoms with E-state index in [-0.39, 0.29) is 24.0 Å². The number of fused-ring (bicyclic) bond motifs is 4. The average Bonchev–Trinajstić information content (AvgIpc) is 3.35. The van der Waals surface area contributed by atoms with Crippen LogP contribution in [0.2, 0.25) is 0 Å². The molecule has 11 heteroatoms. The third-order valence-corrected chi connectivity index (χ3v) is 6.24. The maximum Gasteiger partial charge on any atom is 0.319 e. The zero-order chi connectivity index (χ0) is 24.3. The summed E-state index contributed by atoms with van der Waals surface area (Å²) in [7, 11) is 0. The van der Waals surface area contributed by atoms with Crippen LogP contribution in [0.5, 0.6) is 17.2 Å². The number of hydrogen-bond donors (Lipinski definition) is 3. The van der Waals surface area contributed by atoms with E-state index in [4.69, 9.17) is 9.47 Å². The van der Waals surface area contributed by atoms with E-state index >= 15 is 0 Å². The zero-order valence-corrected chi connectivity index (χ0v) is 17.9. The van der Waals surface area contributed by atoms with Gasteiger partial charge in [0.25, 0.3) is 0 Å². The maximum absolute atomic E-state index is 13.8. The topological polar surface area (TPSA) is 102 Å². The molecule has 0 spiro atoms. The molecular weight excluding hydrogens is 465 g/mol. The Morgan fingerprint density at radius 2 is 1.97 bits per heavy atom. The highest BCUT2D eigenvalue weighted by Gasteiger charge is 2.59. The third kappa shape index (κ3) is 3.69. The first-order valence-corrected chi connectivity index (χ1v) is 10.9. The van der Waals surface area contributed by atoms with Crippen LogP contribution in [-0.2, 0) is 11.2 Å². The molecule has 3 atom stereocenters. The van der Waals surface area contributed by atoms with E-state index in [1.54, 1.807) is 24.4 Å². The lowest BCUT2D eigenvalue weighted by molar-refractivity contribution is -0.116. The summed E-state index contributed by atoms with van der Waals surface area (Å²) in [4.78, 5) is 28.1. The lowest BCUT2D eigenvalue weighted by Gasteiger charge is -2.19. The molecule has 0 unspecified atom stereocenters. The number of aromatic nitrogens is 1. The summed E-state index contributed by atoms with van der Waals surface area (Å²) in [6.07, 6.45) is 2.12. The Morgan fingerprint density at radius 1 is 1.11 bits per heavy atom. The number of carbonyl (C=O) groups excluding carboxylic acids is 2. The largest absolute Gasteiger partial charge is 0.487 e. The Morgan fingerprint density at radius 3 is 2.83 bits per heavy atom. The van der Waals surface area contributed by atoms with E-state index in [1.807, 2.05) is 6.07 Å². The molecule has 178 valence electrons. The predicted octanol–water partition coefficient (Wildman–Crippen LogP) is 4.22. The van der Waals surface area contributed by atoms with Gasteiger partial charge in [-0.15, -0.1) is 0 Å². The summed E-state index contributed by atoms with van der Waals surface area (Å²) >= 11 is 0. The van der Waals surface area contributed by atoms with Gasteiger partial charge < -0.3 is 25.4 Å². The number of pyridine rings is 1. The molecule has 3 aromatic rings. The number of urea groups is 1. The number of nitrogens with zero attached hydrogens (tertiary/aromatic N) is 1. The SMILES string of the molecule is O=C1CCc2c(Oc3ccc4c(c3)[C@H]3[C@@H](NC(=O)Nc5ccc(F)c(F)c5F)[C@H]3O4)ccnc2N1. The second-order valence-electron chi connectivity index (χ2n) is 8.44. The normalized spacial score (nSPS) is 21.1. The molecule has 6 rings (SSSR count). The van der Waals surface area contributed by atoms with Gasteiger partial charge in [-0.3, -0.25) is 4.79 Å². The Bertz CT molecular complexity index is 1400. The summed E-state index contributed by atoms with van der Waals surface area (Å²) in [5.41, 5.74) is 1.18. The lowest BCUT2D eigenvalue weighted by atomic mass is 10.1. The van der Waals surface area contributed by atoms with E-state index in [2.05, 4.69) is 20.9 Å². The summed E-state index contributed by atoms with van der Waals surface area (Å²) in [5.74, 6) is -2.41. The molecule has 1 saturated carbocycles. The number of ether oxygens (including phenoxy) is 2. The molecule has 3 heterocycles. The van der Waals surface area contributed by atoms with Crippen molar-refractivity contribution in [2.75, 3.05) is 10.6 Å². The summed E-state index contributed by atoms with van der Waals surface area (Å²) in [6.45, 7) is 0. The number of rotatable bonds is 4. The Labute approximate surface area is 196 Å². The van der Waals surface area contributed by atoms with Gasteiger partial charge in [-0.05, 0) is 42.8 Å². The molecule has 0 bridgehead atoms. The van der Waals surface area contributed by atoms with Crippen LogP contribution >= 0.6 is 0 Å². The first-order chi connectivity index (χ1) is 16.9. The lowest BCUT2D eigenvalue weighted by Crippen LogP contribution is -2.34. The molecule has 0 radical (unpaired) electrons. The van der Waals surface area contributed by atoms with E-state index in [0.717, 1.165) is 23.3 Å². The highest BCUT2D eigenvalue weighted by Crippen LogP contribution is 2.54. The standard InChI is InChI=1S/C24H17F3N4O4/c25-13-3-4-14(20(27)19(13)26)29-24(33)31-21-18-12-9-10(1-5-15(12)35-22(18)21)34-16-7-8-28-23-11(16)2-6-17(32)30-23/h1,3-5,7-9,18,21-22H,2,6H2,(H,28,30,32)(H2,29,31,33)/t18-,21+,22-/m0/s1. The van der Waals surface area contributed by atoms with Gasteiger partial charge >= 0.3 is 6.03 Å². The van der Waals surface area contributed by atoms with Crippen LogP contribution in [0.4, 0.5) is 29.5 Å². The van der Waals surface area contributed by atoms with Crippen LogP contribution in [0.3, 0.4) is 0 Å². The van der Waals surface area contributed by atoms with Crippen LogP contribution in [-0.4, -0.2) is 29.1 Å². The first kappa shape index (κ1) is 21.3. The number of benzene rings is 2. The van der Waals surface area contributed by atoms with Crippen LogP contribution < -0.4 is 25.4 Å². The molecule has 8 nitrogen and oxygen atoms in total. The summed E-state index contributed by atoms with van der Waals surface area (Å²) in [6, 6.07) is 7.62. The fourth-order valence-corrected chi connectivity index (χ4v) is 4.49. The van der Waals surface area contributed by atoms with E-state index in [9.17, 15) is 22.8 Å². The Balaban J connectivity index is 1.15. The predicted molar refractivity (Wildman–Crippen MR) is 117 cm³/mol. The number of nitrogens with one attached hydrogen (secondary N) is 3. The second-order valence-corrected chi connectivity index (χ2v) is 8.44. The molecule has 3 aliphatic rings. The quantitative estimate of drug-likeness (QED) is 0.484. The van der Waals surface area contributed by atoms with Crippen molar-refractivity contribution in [2.24, 2.45) is 0 Å². The van der Waals surface area contributed by atoms with Gasteiger partial charge in [0.15, 0.2) is 17.5 Å². The molecule has 1 aromatic heterocycles. The molecule has 35 heavy (non-hydrogen) atoms. The van der Waals surface area contributed by atoms with Crippen molar-refractivity contribution >= 4 is 23.4 Å². The van der Waals surface area contributed by atoms with Crippen molar-refractivity contribution in [1.29, 1.82) is 0 Å². The van der Waals surface area contributed by atoms with Gasteiger partial charge in [0.05, 0.1) is 17.6 Å². The number of carbonyl (C=O) groups is 2. The highest BCUT2D eigenvalue weighted by molar-refractivity contribution is 5.93. The van der Waals surface area contributed by atoms with Gasteiger partial charge in [-0.25, -0.2) is 22.9 Å². The summed E-state index contributed by atoms with van der Waals surface area (Å²) < 4.78 is 52.3. The number of halogens is 3. The molecule has 3 N–H and O–H groups in total. The molecule has 3 amide bonds. The van der Waals surface area contributed by atoms with Gasteiger partial charge in [-0.1, -0.05) is 0 Å². The van der Waals surface area contributed by atoms with Crippen molar-refractivity contribution < 1.29 is 32.2 Å². The van der Waals surface area contributed by atoms with Gasteiger partial charge in [0, 0.05) is 23.7 Å². The smallest absolute Gasteiger partial charge is 0.319 e. The average molecular weight is 482 g/mol. The molecule has 2 aromatic carbocycles. The zero-order valence-electron chi connectivity index (χ0n) is 17.9. The van der Waals surface area contributed by atoms with Gasteiger partial charge in [0.2, 0.25) is 5.91 Å². The minimum absolute atomic E-state index is 0.0912. The number of amides is 3. The highest BCUT2D eigenvalue weighted by atomic mass is 19.2. The van der Waals surface area contributed by atoms with Crippen molar-refractivity contribution in [3.8, 4) is 17.2 Å². The maximum atomic E-state index is 13.8. The molecular formula is C24H17F3N4O4. The van der Waals surface area contributed by atoms with Gasteiger partial charge in [-0.2, -0.15) is 0 Å². The molecule has 1 aliphatic carbocycles. The molecule has 0 saturated heterocycles. The van der Waals surface area contributed by atoms with E-state index < -0.39 is 29.2 Å². The Kier molecular flexibility index (Phi) is 4.80. The van der Waals surface area contributed by atoms with Crippen LogP contribution in [0.25, 0.3) is 0 Å². The van der Waals surface area contributed by atoms with Crippen LogP contribution in [0.15, 0.2) is 42.6 Å². The second kappa shape index (κ2) is 7.90. The first-order valence-electron chi connectivity index (χ1n) is 10.9. The number of hydrogen-bond acceptors (Lipinski definition) is 5. The fourth-order valence-electron chi connectivity index (χ4n) is 4.49. The van der Waals surface area contributed by atoms with E-state index in [1.165, 1.54) is 0 Å². The van der Waals surface area contributed by atoms with Crippen molar-refractivity contribution in [3.05, 3.63) is 71.2 Å². The van der Waals surface area contributed by atoms with Crippen LogP contribution in [0, 0.1) is 17.5 Å². The monoisotopic (exact) mass is 482 g/mol. The van der Waals surface area contributed by atoms with Crippen molar-refractivity contribution in [1.82, 2.24) is 10.3 Å². The fraction of sp³-hybridized carbons (Fsp3) is 0.208. The summed E-state index contributed by atoms with van der Waals surface area (Å²) in [5, 5.41) is 7.60. The van der Waals surface area contributed by atoms with Crippen molar-refractivity contribution in [3.63, 3.8) is 0 Å².